The fourth-order valence-corrected chi connectivity index (χ4v) is 2.92. The van der Waals surface area contributed by atoms with Crippen molar-refractivity contribution in [2.75, 3.05) is 10.6 Å². The van der Waals surface area contributed by atoms with Crippen molar-refractivity contribution >= 4 is 23.2 Å². The smallest absolute Gasteiger partial charge is 0.274 e. The molecule has 2 aromatic carbocycles. The summed E-state index contributed by atoms with van der Waals surface area (Å²) in [5.41, 5.74) is 4.33. The fourth-order valence-electron chi connectivity index (χ4n) is 2.92. The molecular formula is C22H24N4O. The minimum Gasteiger partial charge on any atom is -0.324 e. The van der Waals surface area contributed by atoms with E-state index in [1.165, 1.54) is 5.56 Å². The first-order valence-corrected chi connectivity index (χ1v) is 9.16. The summed E-state index contributed by atoms with van der Waals surface area (Å²) < 4.78 is 0. The van der Waals surface area contributed by atoms with Gasteiger partial charge in [-0.3, -0.25) is 4.79 Å². The van der Waals surface area contributed by atoms with Gasteiger partial charge in [0.05, 0.1) is 0 Å². The van der Waals surface area contributed by atoms with Gasteiger partial charge < -0.3 is 10.6 Å². The molecule has 0 atom stereocenters. The van der Waals surface area contributed by atoms with Crippen molar-refractivity contribution in [1.29, 1.82) is 0 Å². The molecule has 3 aromatic rings. The van der Waals surface area contributed by atoms with Gasteiger partial charge in [-0.15, -0.1) is 0 Å². The summed E-state index contributed by atoms with van der Waals surface area (Å²) in [4.78, 5) is 21.3. The van der Waals surface area contributed by atoms with E-state index in [1.807, 2.05) is 42.5 Å². The second kappa shape index (κ2) is 8.45. The SMILES string of the molecule is CCc1ccccc1Nc1nccc(C(=O)Nc2ccccc2C(C)C)n1. The molecular weight excluding hydrogens is 336 g/mol. The number of hydrogen-bond donors (Lipinski definition) is 2. The number of amides is 1. The van der Waals surface area contributed by atoms with E-state index >= 15 is 0 Å². The standard InChI is InChI=1S/C22H24N4O/c1-4-16-9-5-7-11-18(16)25-22-23-14-13-20(26-22)21(27)24-19-12-8-6-10-17(19)15(2)3/h5-15H,4H2,1-3H3,(H,24,27)(H,23,25,26). The molecule has 0 saturated heterocycles. The summed E-state index contributed by atoms with van der Waals surface area (Å²) in [7, 11) is 0. The van der Waals surface area contributed by atoms with Crippen LogP contribution < -0.4 is 10.6 Å². The van der Waals surface area contributed by atoms with Crippen LogP contribution in [-0.4, -0.2) is 15.9 Å². The highest BCUT2D eigenvalue weighted by atomic mass is 16.1. The summed E-state index contributed by atoms with van der Waals surface area (Å²) in [6, 6.07) is 17.4. The molecule has 0 aliphatic heterocycles. The Morgan fingerprint density at radius 3 is 2.44 bits per heavy atom. The Labute approximate surface area is 159 Å². The molecule has 1 amide bonds. The predicted octanol–water partition coefficient (Wildman–Crippen LogP) is 5.16. The highest BCUT2D eigenvalue weighted by Crippen LogP contribution is 2.24. The van der Waals surface area contributed by atoms with Crippen LogP contribution in [0, 0.1) is 0 Å². The molecule has 2 N–H and O–H groups in total. The van der Waals surface area contributed by atoms with Crippen molar-refractivity contribution in [3.05, 3.63) is 77.6 Å². The van der Waals surface area contributed by atoms with Crippen molar-refractivity contribution in [1.82, 2.24) is 9.97 Å². The molecule has 0 unspecified atom stereocenters. The minimum atomic E-state index is -0.252. The van der Waals surface area contributed by atoms with E-state index in [0.717, 1.165) is 23.4 Å². The number of para-hydroxylation sites is 2. The number of nitrogens with zero attached hydrogens (tertiary/aromatic N) is 2. The van der Waals surface area contributed by atoms with Crippen LogP contribution >= 0.6 is 0 Å². The lowest BCUT2D eigenvalue weighted by Crippen LogP contribution is -2.16. The van der Waals surface area contributed by atoms with E-state index in [1.54, 1.807) is 12.3 Å². The van der Waals surface area contributed by atoms with Crippen LogP contribution in [0.1, 0.15) is 48.3 Å². The van der Waals surface area contributed by atoms with E-state index in [4.69, 9.17) is 0 Å². The molecule has 0 aliphatic rings. The highest BCUT2D eigenvalue weighted by molar-refractivity contribution is 6.03. The van der Waals surface area contributed by atoms with Crippen LogP contribution in [0.3, 0.4) is 0 Å². The Hall–Kier alpha value is -3.21. The zero-order valence-corrected chi connectivity index (χ0v) is 15.9. The van der Waals surface area contributed by atoms with Gasteiger partial charge in [0.15, 0.2) is 0 Å². The van der Waals surface area contributed by atoms with Crippen LogP contribution in [-0.2, 0) is 6.42 Å². The largest absolute Gasteiger partial charge is 0.324 e. The normalized spacial score (nSPS) is 10.7. The molecule has 0 radical (unpaired) electrons. The lowest BCUT2D eigenvalue weighted by molar-refractivity contribution is 0.102. The number of rotatable bonds is 6. The third-order valence-corrected chi connectivity index (χ3v) is 4.36. The molecule has 3 rings (SSSR count). The number of carbonyl (C=O) groups is 1. The number of carbonyl (C=O) groups excluding carboxylic acids is 1. The molecule has 0 bridgehead atoms. The number of hydrogen-bond acceptors (Lipinski definition) is 4. The van der Waals surface area contributed by atoms with Gasteiger partial charge >= 0.3 is 0 Å². The van der Waals surface area contributed by atoms with E-state index in [-0.39, 0.29) is 5.91 Å². The molecule has 1 aromatic heterocycles. The first-order chi connectivity index (χ1) is 13.1. The monoisotopic (exact) mass is 360 g/mol. The van der Waals surface area contributed by atoms with E-state index in [2.05, 4.69) is 47.4 Å². The number of benzene rings is 2. The summed E-state index contributed by atoms with van der Waals surface area (Å²) in [5, 5.41) is 6.17. The lowest BCUT2D eigenvalue weighted by Gasteiger charge is -2.14. The molecule has 5 nitrogen and oxygen atoms in total. The molecule has 138 valence electrons. The van der Waals surface area contributed by atoms with E-state index in [9.17, 15) is 4.79 Å². The second-order valence-electron chi connectivity index (χ2n) is 6.60. The van der Waals surface area contributed by atoms with Crippen LogP contribution in [0.5, 0.6) is 0 Å². The predicted molar refractivity (Wildman–Crippen MR) is 110 cm³/mol. The second-order valence-corrected chi connectivity index (χ2v) is 6.60. The van der Waals surface area contributed by atoms with Crippen LogP contribution in [0.4, 0.5) is 17.3 Å². The summed E-state index contributed by atoms with van der Waals surface area (Å²) >= 11 is 0. The maximum Gasteiger partial charge on any atom is 0.274 e. The third-order valence-electron chi connectivity index (χ3n) is 4.36. The fraction of sp³-hybridized carbons (Fsp3) is 0.227. The van der Waals surface area contributed by atoms with Crippen molar-refractivity contribution in [3.63, 3.8) is 0 Å². The van der Waals surface area contributed by atoms with Gasteiger partial charge in [0, 0.05) is 17.6 Å². The van der Waals surface area contributed by atoms with Crippen molar-refractivity contribution in [2.24, 2.45) is 0 Å². The van der Waals surface area contributed by atoms with Crippen molar-refractivity contribution in [2.45, 2.75) is 33.1 Å². The number of aryl methyl sites for hydroxylation is 1. The van der Waals surface area contributed by atoms with Gasteiger partial charge in [-0.05, 0) is 41.7 Å². The van der Waals surface area contributed by atoms with E-state index in [0.29, 0.717) is 17.6 Å². The third kappa shape index (κ3) is 4.50. The van der Waals surface area contributed by atoms with Gasteiger partial charge in [-0.1, -0.05) is 57.2 Å². The average molecular weight is 360 g/mol. The van der Waals surface area contributed by atoms with Gasteiger partial charge in [0.25, 0.3) is 5.91 Å². The van der Waals surface area contributed by atoms with Crippen LogP contribution in [0.2, 0.25) is 0 Å². The Bertz CT molecular complexity index is 937. The van der Waals surface area contributed by atoms with Crippen LogP contribution in [0.15, 0.2) is 60.8 Å². The average Bonchev–Trinajstić information content (AvgIpc) is 2.69. The topological polar surface area (TPSA) is 66.9 Å². The molecule has 5 heteroatoms. The zero-order valence-electron chi connectivity index (χ0n) is 15.9. The summed E-state index contributed by atoms with van der Waals surface area (Å²) in [6.07, 6.45) is 2.49. The summed E-state index contributed by atoms with van der Waals surface area (Å²) in [5.74, 6) is 0.465. The first kappa shape index (κ1) is 18.6. The highest BCUT2D eigenvalue weighted by Gasteiger charge is 2.13. The van der Waals surface area contributed by atoms with Gasteiger partial charge in [0.1, 0.15) is 5.69 Å². The molecule has 0 fully saturated rings. The molecule has 0 spiro atoms. The Morgan fingerprint density at radius 2 is 1.70 bits per heavy atom. The first-order valence-electron chi connectivity index (χ1n) is 9.16. The minimum absolute atomic E-state index is 0.252. The Morgan fingerprint density at radius 1 is 1.00 bits per heavy atom. The summed E-state index contributed by atoms with van der Waals surface area (Å²) in [6.45, 7) is 6.29. The Balaban J connectivity index is 1.80. The molecule has 0 saturated carbocycles. The Kier molecular flexibility index (Phi) is 5.81. The maximum absolute atomic E-state index is 12.7. The number of nitrogens with one attached hydrogen (secondary N) is 2. The molecule has 0 aliphatic carbocycles. The maximum atomic E-state index is 12.7. The van der Waals surface area contributed by atoms with Gasteiger partial charge in [-0.2, -0.15) is 0 Å². The van der Waals surface area contributed by atoms with E-state index < -0.39 is 0 Å². The lowest BCUT2D eigenvalue weighted by atomic mass is 10.0. The van der Waals surface area contributed by atoms with Gasteiger partial charge in [-0.25, -0.2) is 9.97 Å². The molecule has 1 heterocycles. The number of aromatic nitrogens is 2. The van der Waals surface area contributed by atoms with Gasteiger partial charge in [0.2, 0.25) is 5.95 Å². The molecule has 27 heavy (non-hydrogen) atoms. The van der Waals surface area contributed by atoms with Crippen LogP contribution in [0.25, 0.3) is 0 Å². The quantitative estimate of drug-likeness (QED) is 0.637. The zero-order chi connectivity index (χ0) is 19.2. The van der Waals surface area contributed by atoms with Crippen molar-refractivity contribution < 1.29 is 4.79 Å². The number of anilines is 3. The van der Waals surface area contributed by atoms with Crippen molar-refractivity contribution in [3.8, 4) is 0 Å².